The molecule has 106 valence electrons. The Kier molecular flexibility index (Phi) is 3.96. The van der Waals surface area contributed by atoms with E-state index in [9.17, 15) is 0 Å². The van der Waals surface area contributed by atoms with Crippen LogP contribution in [-0.4, -0.2) is 41.1 Å². The lowest BCUT2D eigenvalue weighted by Gasteiger charge is -2.33. The molecule has 1 aliphatic rings. The molecule has 1 aromatic carbocycles. The first-order valence-corrected chi connectivity index (χ1v) is 8.17. The molecule has 0 spiro atoms. The van der Waals surface area contributed by atoms with Crippen LogP contribution in [0.2, 0.25) is 0 Å². The van der Waals surface area contributed by atoms with E-state index in [1.807, 2.05) is 13.1 Å². The van der Waals surface area contributed by atoms with Crippen LogP contribution in [0.3, 0.4) is 0 Å². The Bertz CT molecular complexity index is 601. The minimum absolute atomic E-state index is 0.699. The minimum Gasteiger partial charge on any atom is -0.357 e. The molecule has 1 aliphatic heterocycles. The van der Waals surface area contributed by atoms with E-state index in [0.29, 0.717) is 11.2 Å². The Hall–Kier alpha value is -1.49. The van der Waals surface area contributed by atoms with Gasteiger partial charge in [-0.1, -0.05) is 19.1 Å². The summed E-state index contributed by atoms with van der Waals surface area (Å²) < 4.78 is 0. The molecule has 1 fully saturated rings. The smallest absolute Gasteiger partial charge is 0.224 e. The zero-order valence-corrected chi connectivity index (χ0v) is 12.8. The fraction of sp³-hybridized carbons (Fsp3) is 0.467. The van der Waals surface area contributed by atoms with E-state index in [4.69, 9.17) is 4.98 Å². The third-order valence-corrected chi connectivity index (χ3v) is 5.07. The summed E-state index contributed by atoms with van der Waals surface area (Å²) in [7, 11) is 1.87. The Balaban J connectivity index is 2.04. The molecule has 0 radical (unpaired) electrons. The topological polar surface area (TPSA) is 41.1 Å². The van der Waals surface area contributed by atoms with Gasteiger partial charge in [-0.25, -0.2) is 4.98 Å². The first-order chi connectivity index (χ1) is 9.81. The molecular weight excluding hydrogens is 268 g/mol. The standard InChI is InChI=1S/C15H20N4S/c1-3-11-10-19(8-9-20-11)14-12-6-4-5-7-13(12)17-15(16-2)18-14/h4-7,11H,3,8-10H2,1-2H3,(H,16,17,18). The molecule has 0 amide bonds. The van der Waals surface area contributed by atoms with Gasteiger partial charge in [0.1, 0.15) is 5.82 Å². The van der Waals surface area contributed by atoms with Crippen molar-refractivity contribution >= 4 is 34.4 Å². The van der Waals surface area contributed by atoms with E-state index in [1.165, 1.54) is 12.2 Å². The van der Waals surface area contributed by atoms with Gasteiger partial charge in [0.15, 0.2) is 0 Å². The van der Waals surface area contributed by atoms with Gasteiger partial charge in [0.05, 0.1) is 5.52 Å². The van der Waals surface area contributed by atoms with Crippen molar-refractivity contribution < 1.29 is 0 Å². The first-order valence-electron chi connectivity index (χ1n) is 7.13. The molecule has 1 aromatic heterocycles. The van der Waals surface area contributed by atoms with E-state index in [1.54, 1.807) is 0 Å². The maximum absolute atomic E-state index is 4.71. The normalized spacial score (nSPS) is 19.3. The molecule has 1 N–H and O–H groups in total. The average Bonchev–Trinajstić information content (AvgIpc) is 2.53. The molecule has 1 saturated heterocycles. The van der Waals surface area contributed by atoms with Gasteiger partial charge in [-0.2, -0.15) is 16.7 Å². The molecule has 0 aliphatic carbocycles. The van der Waals surface area contributed by atoms with Gasteiger partial charge in [0.2, 0.25) is 5.95 Å². The Morgan fingerprint density at radius 1 is 1.35 bits per heavy atom. The second-order valence-corrected chi connectivity index (χ2v) is 6.39. The summed E-state index contributed by atoms with van der Waals surface area (Å²) in [5.41, 5.74) is 1.01. The molecule has 0 bridgehead atoms. The summed E-state index contributed by atoms with van der Waals surface area (Å²) in [6, 6.07) is 8.26. The van der Waals surface area contributed by atoms with Gasteiger partial charge >= 0.3 is 0 Å². The predicted molar refractivity (Wildman–Crippen MR) is 87.8 cm³/mol. The quantitative estimate of drug-likeness (QED) is 0.940. The average molecular weight is 288 g/mol. The number of aromatic nitrogens is 2. The number of hydrogen-bond donors (Lipinski definition) is 1. The van der Waals surface area contributed by atoms with Crippen molar-refractivity contribution in [1.82, 2.24) is 9.97 Å². The van der Waals surface area contributed by atoms with Crippen molar-refractivity contribution in [3.8, 4) is 0 Å². The number of benzene rings is 1. The van der Waals surface area contributed by atoms with Gasteiger partial charge in [-0.15, -0.1) is 0 Å². The molecule has 2 aromatic rings. The fourth-order valence-electron chi connectivity index (χ4n) is 2.57. The van der Waals surface area contributed by atoms with Crippen LogP contribution in [0.15, 0.2) is 24.3 Å². The summed E-state index contributed by atoms with van der Waals surface area (Å²) in [6.07, 6.45) is 1.21. The lowest BCUT2D eigenvalue weighted by molar-refractivity contribution is 0.722. The fourth-order valence-corrected chi connectivity index (χ4v) is 3.75. The van der Waals surface area contributed by atoms with E-state index < -0.39 is 0 Å². The van der Waals surface area contributed by atoms with Crippen LogP contribution in [0.1, 0.15) is 13.3 Å². The van der Waals surface area contributed by atoms with E-state index >= 15 is 0 Å². The number of fused-ring (bicyclic) bond motifs is 1. The first kappa shape index (κ1) is 13.5. The molecule has 20 heavy (non-hydrogen) atoms. The Morgan fingerprint density at radius 3 is 3.00 bits per heavy atom. The Morgan fingerprint density at radius 2 is 2.20 bits per heavy atom. The number of thioether (sulfide) groups is 1. The summed E-state index contributed by atoms with van der Waals surface area (Å²) in [5.74, 6) is 2.94. The number of nitrogens with zero attached hydrogens (tertiary/aromatic N) is 3. The Labute approximate surface area is 124 Å². The van der Waals surface area contributed by atoms with Crippen LogP contribution in [0.25, 0.3) is 10.9 Å². The van der Waals surface area contributed by atoms with Crippen LogP contribution in [0.4, 0.5) is 11.8 Å². The van der Waals surface area contributed by atoms with E-state index in [0.717, 1.165) is 29.8 Å². The van der Waals surface area contributed by atoms with Crippen molar-refractivity contribution in [2.75, 3.05) is 36.1 Å². The zero-order chi connectivity index (χ0) is 13.9. The highest BCUT2D eigenvalue weighted by atomic mass is 32.2. The molecule has 5 heteroatoms. The van der Waals surface area contributed by atoms with E-state index in [2.05, 4.69) is 52.1 Å². The van der Waals surface area contributed by atoms with Crippen molar-refractivity contribution in [1.29, 1.82) is 0 Å². The number of anilines is 2. The molecule has 4 nitrogen and oxygen atoms in total. The monoisotopic (exact) mass is 288 g/mol. The maximum Gasteiger partial charge on any atom is 0.224 e. The third-order valence-electron chi connectivity index (χ3n) is 3.70. The highest BCUT2D eigenvalue weighted by Gasteiger charge is 2.22. The second kappa shape index (κ2) is 5.87. The summed E-state index contributed by atoms with van der Waals surface area (Å²) in [6.45, 7) is 4.40. The lowest BCUT2D eigenvalue weighted by Crippen LogP contribution is -2.38. The number of para-hydroxylation sites is 1. The van der Waals surface area contributed by atoms with Gasteiger partial charge in [0, 0.05) is 36.5 Å². The van der Waals surface area contributed by atoms with Crippen LogP contribution < -0.4 is 10.2 Å². The van der Waals surface area contributed by atoms with Crippen molar-refractivity contribution in [3.63, 3.8) is 0 Å². The van der Waals surface area contributed by atoms with Crippen molar-refractivity contribution in [2.45, 2.75) is 18.6 Å². The lowest BCUT2D eigenvalue weighted by atomic mass is 10.2. The van der Waals surface area contributed by atoms with Crippen LogP contribution >= 0.6 is 11.8 Å². The van der Waals surface area contributed by atoms with Crippen molar-refractivity contribution in [2.24, 2.45) is 0 Å². The zero-order valence-electron chi connectivity index (χ0n) is 12.0. The van der Waals surface area contributed by atoms with Gasteiger partial charge < -0.3 is 10.2 Å². The van der Waals surface area contributed by atoms with Crippen LogP contribution in [0.5, 0.6) is 0 Å². The van der Waals surface area contributed by atoms with Gasteiger partial charge in [-0.3, -0.25) is 0 Å². The van der Waals surface area contributed by atoms with Gasteiger partial charge in [-0.05, 0) is 18.6 Å². The second-order valence-electron chi connectivity index (χ2n) is 4.99. The summed E-state index contributed by atoms with van der Waals surface area (Å²) in [5, 5.41) is 4.92. The van der Waals surface area contributed by atoms with Crippen LogP contribution in [0, 0.1) is 0 Å². The molecule has 1 atom stereocenters. The third kappa shape index (κ3) is 2.54. The molecule has 3 rings (SSSR count). The summed E-state index contributed by atoms with van der Waals surface area (Å²) in [4.78, 5) is 11.7. The largest absolute Gasteiger partial charge is 0.357 e. The molecule has 1 unspecified atom stereocenters. The molecule has 0 saturated carbocycles. The molecule has 2 heterocycles. The minimum atomic E-state index is 0.699. The number of nitrogens with one attached hydrogen (secondary N) is 1. The highest BCUT2D eigenvalue weighted by molar-refractivity contribution is 8.00. The predicted octanol–water partition coefficient (Wildman–Crippen LogP) is 3.00. The number of hydrogen-bond acceptors (Lipinski definition) is 5. The molecular formula is C15H20N4S. The van der Waals surface area contributed by atoms with Crippen molar-refractivity contribution in [3.05, 3.63) is 24.3 Å². The summed E-state index contributed by atoms with van der Waals surface area (Å²) >= 11 is 2.08. The highest BCUT2D eigenvalue weighted by Crippen LogP contribution is 2.30. The van der Waals surface area contributed by atoms with E-state index in [-0.39, 0.29) is 0 Å². The maximum atomic E-state index is 4.71. The van der Waals surface area contributed by atoms with Gasteiger partial charge in [0.25, 0.3) is 0 Å². The van der Waals surface area contributed by atoms with Crippen LogP contribution in [-0.2, 0) is 0 Å². The SMILES string of the molecule is CCC1CN(c2nc(NC)nc3ccccc23)CCS1. The number of rotatable bonds is 3.